The number of hydrogen-bond donors (Lipinski definition) is 2. The summed E-state index contributed by atoms with van der Waals surface area (Å²) in [4.78, 5) is 14.9. The van der Waals surface area contributed by atoms with E-state index >= 15 is 0 Å². The molecule has 2 radical (unpaired) electrons. The van der Waals surface area contributed by atoms with Crippen LogP contribution in [0.3, 0.4) is 0 Å². The number of anilines is 1. The molecule has 1 amide bonds. The number of pyridine rings is 1. The second kappa shape index (κ2) is 3.90. The lowest BCUT2D eigenvalue weighted by Crippen LogP contribution is -2.13. The van der Waals surface area contributed by atoms with Gasteiger partial charge in [0.1, 0.15) is 5.65 Å². The largest absolute Gasteiger partial charge is 0.425 e. The number of aromatic nitrogens is 2. The zero-order chi connectivity index (χ0) is 13.7. The van der Waals surface area contributed by atoms with Gasteiger partial charge in [-0.25, -0.2) is 4.98 Å². The number of alkyl halides is 3. The van der Waals surface area contributed by atoms with Crippen LogP contribution in [0.5, 0.6) is 0 Å². The van der Waals surface area contributed by atoms with Gasteiger partial charge in [-0.2, -0.15) is 13.2 Å². The van der Waals surface area contributed by atoms with E-state index in [2.05, 4.69) is 21.5 Å². The number of carbonyl (C=O) groups excluding carboxylic acids is 1. The van der Waals surface area contributed by atoms with Gasteiger partial charge in [0.15, 0.2) is 0 Å². The molecule has 0 unspecified atom stereocenters. The molecule has 0 bridgehead atoms. The molecule has 2 aromatic rings. The van der Waals surface area contributed by atoms with Crippen LogP contribution in [0.15, 0.2) is 12.3 Å². The van der Waals surface area contributed by atoms with Gasteiger partial charge in [-0.3, -0.25) is 4.79 Å². The van der Waals surface area contributed by atoms with Crippen LogP contribution >= 0.6 is 0 Å². The van der Waals surface area contributed by atoms with Gasteiger partial charge in [0.2, 0.25) is 0 Å². The zero-order valence-corrected chi connectivity index (χ0v) is 9.98. The Labute approximate surface area is 107 Å². The van der Waals surface area contributed by atoms with Crippen LogP contribution in [0.1, 0.15) is 15.9 Å². The van der Waals surface area contributed by atoms with E-state index in [9.17, 15) is 18.0 Å². The number of rotatable bonds is 1. The van der Waals surface area contributed by atoms with Crippen LogP contribution in [0.2, 0.25) is 0 Å². The Morgan fingerprint density at radius 3 is 2.56 bits per heavy atom. The zero-order valence-electron chi connectivity index (χ0n) is 8.82. The van der Waals surface area contributed by atoms with E-state index in [1.807, 2.05) is 0 Å². The molecule has 92 valence electrons. The smallest absolute Gasteiger partial charge is 0.417 e. The number of amides is 1. The summed E-state index contributed by atoms with van der Waals surface area (Å²) in [5.74, 6) is -0.950. The first-order valence-corrected chi connectivity index (χ1v) is 5.17. The topological polar surface area (TPSA) is 86.9 Å². The van der Waals surface area contributed by atoms with Crippen LogP contribution in [-0.2, 0) is 6.18 Å². The van der Waals surface area contributed by atoms with Gasteiger partial charge in [-0.1, -0.05) is 0 Å². The summed E-state index contributed by atoms with van der Waals surface area (Å²) in [5, 5.41) is -0.0233. The highest BCUT2D eigenvalue weighted by molar-refractivity contribution is 6.19. The lowest BCUT2D eigenvalue weighted by atomic mass is 10.1. The average molecular weight is 270 g/mol. The van der Waals surface area contributed by atoms with Crippen molar-refractivity contribution in [3.05, 3.63) is 23.4 Å². The molecule has 0 atom stereocenters. The van der Waals surface area contributed by atoms with Crippen LogP contribution < -0.4 is 11.5 Å². The Morgan fingerprint density at radius 2 is 2.06 bits per heavy atom. The fraction of sp³-hybridized carbons (Fsp3) is 0.111. The van der Waals surface area contributed by atoms with Crippen molar-refractivity contribution in [1.29, 1.82) is 0 Å². The van der Waals surface area contributed by atoms with Crippen molar-refractivity contribution in [2.75, 3.05) is 5.73 Å². The third kappa shape index (κ3) is 1.81. The third-order valence-corrected chi connectivity index (χ3v) is 2.98. The molecular weight excluding hydrogens is 264 g/mol. The molecule has 0 aliphatic rings. The molecule has 0 aromatic carbocycles. The first-order valence-electron chi connectivity index (χ1n) is 4.65. The van der Waals surface area contributed by atoms with E-state index in [0.717, 1.165) is 6.07 Å². The van der Waals surface area contributed by atoms with E-state index in [0.29, 0.717) is 6.20 Å². The summed E-state index contributed by atoms with van der Waals surface area (Å²) in [5.41, 5.74) is 9.70. The highest BCUT2D eigenvalue weighted by Gasteiger charge is 2.32. The van der Waals surface area contributed by atoms with Gasteiger partial charge in [-0.15, -0.1) is 0 Å². The van der Waals surface area contributed by atoms with Crippen LogP contribution in [0, 0.1) is 0 Å². The predicted octanol–water partition coefficient (Wildman–Crippen LogP) is 0.668. The SMILES string of the molecule is NC(=O)c1c(N)[n]([Al])c2ncc(C(F)(F)F)cc12. The minimum absolute atomic E-state index is 0.0233. The standard InChI is InChI=1S/C9H7F3N4O.Al/c10-9(11,12)3-1-4-5(7(14)17)6(13)16-8(4)15-2-3;/h1-2H,(H5,13,14,15,16,17);/q;+1/p-1. The van der Waals surface area contributed by atoms with Crippen LogP contribution in [0.4, 0.5) is 19.0 Å². The minimum Gasteiger partial charge on any atom is -0.425 e. The molecule has 2 rings (SSSR count). The van der Waals surface area contributed by atoms with Crippen molar-refractivity contribution in [2.24, 2.45) is 5.73 Å². The molecule has 2 aromatic heterocycles. The summed E-state index contributed by atoms with van der Waals surface area (Å²) in [6.45, 7) is 0. The maximum atomic E-state index is 12.6. The minimum atomic E-state index is -4.55. The van der Waals surface area contributed by atoms with Crippen molar-refractivity contribution >= 4 is 39.3 Å². The molecule has 0 aliphatic carbocycles. The molecule has 5 nitrogen and oxygen atoms in total. The second-order valence-corrected chi connectivity index (χ2v) is 4.10. The van der Waals surface area contributed by atoms with Gasteiger partial charge in [0, 0.05) is 11.6 Å². The maximum absolute atomic E-state index is 12.6. The average Bonchev–Trinajstić information content (AvgIpc) is 2.50. The molecule has 0 saturated carbocycles. The number of nitrogens with two attached hydrogens (primary N) is 2. The molecule has 4 N–H and O–H groups in total. The molecule has 0 aliphatic heterocycles. The monoisotopic (exact) mass is 270 g/mol. The third-order valence-electron chi connectivity index (χ3n) is 2.45. The number of nitrogens with zero attached hydrogens (tertiary/aromatic N) is 2. The van der Waals surface area contributed by atoms with Crippen molar-refractivity contribution in [2.45, 2.75) is 6.18 Å². The van der Waals surface area contributed by atoms with Gasteiger partial charge < -0.3 is 15.0 Å². The lowest BCUT2D eigenvalue weighted by Gasteiger charge is -2.06. The molecule has 0 saturated heterocycles. The molecule has 2 heterocycles. The highest BCUT2D eigenvalue weighted by atomic mass is 27.1. The van der Waals surface area contributed by atoms with E-state index in [-0.39, 0.29) is 22.4 Å². The Hall–Kier alpha value is -1.72. The number of nitrogen functional groups attached to an aromatic ring is 1. The molecular formula is C9H6AlF3N4O. The number of halogens is 3. The highest BCUT2D eigenvalue weighted by Crippen LogP contribution is 2.33. The summed E-state index contributed by atoms with van der Waals surface area (Å²) < 4.78 is 38.9. The molecule has 0 fully saturated rings. The molecule has 9 heteroatoms. The number of carbonyl (C=O) groups is 1. The Morgan fingerprint density at radius 1 is 1.44 bits per heavy atom. The Kier molecular flexibility index (Phi) is 2.76. The lowest BCUT2D eigenvalue weighted by molar-refractivity contribution is -0.137. The molecule has 0 spiro atoms. The Balaban J connectivity index is 2.84. The summed E-state index contributed by atoms with van der Waals surface area (Å²) >= 11 is 2.15. The fourth-order valence-corrected chi connectivity index (χ4v) is 1.95. The number of primary amides is 1. The van der Waals surface area contributed by atoms with Crippen LogP contribution in [0.25, 0.3) is 11.0 Å². The maximum Gasteiger partial charge on any atom is 0.417 e. The first-order chi connectivity index (χ1) is 8.23. The summed E-state index contributed by atoms with van der Waals surface area (Å²) in [6, 6.07) is 0.805. The van der Waals surface area contributed by atoms with Crippen molar-refractivity contribution in [1.82, 2.24) is 8.53 Å². The predicted molar refractivity (Wildman–Crippen MR) is 58.8 cm³/mol. The van der Waals surface area contributed by atoms with E-state index in [1.54, 1.807) is 0 Å². The fourth-order valence-electron chi connectivity index (χ4n) is 1.62. The van der Waals surface area contributed by atoms with Gasteiger partial charge >= 0.3 is 22.7 Å². The summed E-state index contributed by atoms with van der Waals surface area (Å²) in [7, 11) is 0. The first kappa shape index (κ1) is 12.7. The van der Waals surface area contributed by atoms with E-state index in [4.69, 9.17) is 11.5 Å². The number of fused-ring (bicyclic) bond motifs is 1. The quantitative estimate of drug-likeness (QED) is 0.746. The normalized spacial score (nSPS) is 11.9. The van der Waals surface area contributed by atoms with E-state index in [1.165, 1.54) is 3.55 Å². The van der Waals surface area contributed by atoms with Crippen molar-refractivity contribution in [3.63, 3.8) is 0 Å². The van der Waals surface area contributed by atoms with Gasteiger partial charge in [0.25, 0.3) is 5.91 Å². The van der Waals surface area contributed by atoms with Crippen molar-refractivity contribution < 1.29 is 18.0 Å². The van der Waals surface area contributed by atoms with Crippen LogP contribution in [-0.4, -0.2) is 31.0 Å². The second-order valence-electron chi connectivity index (χ2n) is 3.59. The Bertz CT molecular complexity index is 649. The van der Waals surface area contributed by atoms with Gasteiger partial charge in [0.05, 0.1) is 16.9 Å². The summed E-state index contributed by atoms with van der Waals surface area (Å²) in [6.07, 6.45) is -3.87. The van der Waals surface area contributed by atoms with E-state index < -0.39 is 17.6 Å². The number of hydrogen-bond acceptors (Lipinski definition) is 3. The van der Waals surface area contributed by atoms with Crippen molar-refractivity contribution in [3.8, 4) is 0 Å². The molecule has 18 heavy (non-hydrogen) atoms. The van der Waals surface area contributed by atoms with Gasteiger partial charge in [-0.05, 0) is 6.07 Å².